The van der Waals surface area contributed by atoms with Crippen molar-refractivity contribution < 1.29 is 9.59 Å². The van der Waals surface area contributed by atoms with Gasteiger partial charge in [-0.1, -0.05) is 12.1 Å². The molecule has 3 amide bonds. The quantitative estimate of drug-likeness (QED) is 0.575. The SMILES string of the molecule is Cc1cccc(C#N)c1C1=CC2C(S1)C(=O)N(c1cncc3cnn(C)c13)C(=O)N2CCC#N. The van der Waals surface area contributed by atoms with Crippen LogP contribution >= 0.6 is 11.8 Å². The lowest BCUT2D eigenvalue weighted by molar-refractivity contribution is -0.119. The number of urea groups is 1. The number of thioether (sulfide) groups is 1. The summed E-state index contributed by atoms with van der Waals surface area (Å²) in [5, 5.41) is 23.2. The topological polar surface area (TPSA) is 119 Å². The minimum atomic E-state index is -0.610. The molecule has 10 heteroatoms. The van der Waals surface area contributed by atoms with Gasteiger partial charge < -0.3 is 4.90 Å². The molecule has 0 radical (unpaired) electrons. The van der Waals surface area contributed by atoms with E-state index in [1.165, 1.54) is 18.0 Å². The fourth-order valence-electron chi connectivity index (χ4n) is 4.56. The van der Waals surface area contributed by atoms with Crippen molar-refractivity contribution in [1.82, 2.24) is 19.7 Å². The molecule has 0 spiro atoms. The second-order valence-electron chi connectivity index (χ2n) is 8.09. The van der Waals surface area contributed by atoms with Crippen molar-refractivity contribution >= 4 is 45.2 Å². The maximum atomic E-state index is 13.8. The highest BCUT2D eigenvalue weighted by molar-refractivity contribution is 8.09. The van der Waals surface area contributed by atoms with E-state index in [2.05, 4.69) is 22.2 Å². The van der Waals surface area contributed by atoms with Crippen LogP contribution in [0.15, 0.2) is 42.9 Å². The molecule has 0 aliphatic carbocycles. The monoisotopic (exact) mass is 469 g/mol. The molecule has 2 aliphatic heterocycles. The van der Waals surface area contributed by atoms with Crippen LogP contribution in [0.1, 0.15) is 23.1 Å². The summed E-state index contributed by atoms with van der Waals surface area (Å²) in [5.41, 5.74) is 3.18. The minimum absolute atomic E-state index is 0.132. The summed E-state index contributed by atoms with van der Waals surface area (Å²) >= 11 is 1.35. The van der Waals surface area contributed by atoms with E-state index in [9.17, 15) is 20.1 Å². The number of aryl methyl sites for hydroxylation is 2. The predicted octanol–water partition coefficient (Wildman–Crippen LogP) is 3.36. The molecule has 5 rings (SSSR count). The van der Waals surface area contributed by atoms with Crippen molar-refractivity contribution in [3.8, 4) is 12.1 Å². The summed E-state index contributed by atoms with van der Waals surface area (Å²) in [5.74, 6) is -0.359. The number of aromatic nitrogens is 3. The number of amides is 3. The molecule has 2 aromatic heterocycles. The number of fused-ring (bicyclic) bond motifs is 2. The van der Waals surface area contributed by atoms with E-state index >= 15 is 0 Å². The fraction of sp³-hybridized carbons (Fsp3) is 0.250. The Balaban J connectivity index is 1.62. The zero-order valence-electron chi connectivity index (χ0n) is 18.5. The lowest BCUT2D eigenvalue weighted by Gasteiger charge is -2.40. The lowest BCUT2D eigenvalue weighted by atomic mass is 9.99. The van der Waals surface area contributed by atoms with Crippen LogP contribution in [0, 0.1) is 29.6 Å². The summed E-state index contributed by atoms with van der Waals surface area (Å²) in [4.78, 5) is 35.2. The predicted molar refractivity (Wildman–Crippen MR) is 127 cm³/mol. The van der Waals surface area contributed by atoms with Crippen LogP contribution in [0.3, 0.4) is 0 Å². The maximum absolute atomic E-state index is 13.8. The van der Waals surface area contributed by atoms with Crippen molar-refractivity contribution in [2.24, 2.45) is 7.05 Å². The van der Waals surface area contributed by atoms with Gasteiger partial charge in [0.25, 0.3) is 5.91 Å². The largest absolute Gasteiger partial charge is 0.332 e. The Kier molecular flexibility index (Phi) is 5.31. The van der Waals surface area contributed by atoms with E-state index in [0.717, 1.165) is 20.9 Å². The number of hydrogen-bond acceptors (Lipinski definition) is 7. The molecule has 0 N–H and O–H groups in total. The average molecular weight is 470 g/mol. The highest BCUT2D eigenvalue weighted by Crippen LogP contribution is 2.47. The molecule has 0 bridgehead atoms. The minimum Gasteiger partial charge on any atom is -0.315 e. The molecule has 2 atom stereocenters. The van der Waals surface area contributed by atoms with Crippen LogP contribution in [0.25, 0.3) is 15.8 Å². The molecule has 1 saturated heterocycles. The summed E-state index contributed by atoms with van der Waals surface area (Å²) < 4.78 is 1.61. The first-order chi connectivity index (χ1) is 16.5. The molecule has 3 aromatic rings. The van der Waals surface area contributed by atoms with Crippen LogP contribution in [-0.2, 0) is 11.8 Å². The molecule has 1 fully saturated rings. The Morgan fingerprint density at radius 2 is 2.00 bits per heavy atom. The van der Waals surface area contributed by atoms with Crippen LogP contribution in [-0.4, -0.2) is 49.4 Å². The lowest BCUT2D eigenvalue weighted by Crippen LogP contribution is -2.62. The molecule has 9 nitrogen and oxygen atoms in total. The summed E-state index contributed by atoms with van der Waals surface area (Å²) in [6.07, 6.45) is 6.77. The Morgan fingerprint density at radius 3 is 2.76 bits per heavy atom. The summed E-state index contributed by atoms with van der Waals surface area (Å²) in [7, 11) is 1.74. The van der Waals surface area contributed by atoms with Crippen molar-refractivity contribution in [3.05, 3.63) is 59.6 Å². The van der Waals surface area contributed by atoms with Gasteiger partial charge in [0, 0.05) is 35.6 Å². The zero-order valence-corrected chi connectivity index (χ0v) is 19.3. The van der Waals surface area contributed by atoms with E-state index in [4.69, 9.17) is 0 Å². The molecule has 34 heavy (non-hydrogen) atoms. The maximum Gasteiger partial charge on any atom is 0.332 e. The third-order valence-corrected chi connectivity index (χ3v) is 7.44. The van der Waals surface area contributed by atoms with Gasteiger partial charge >= 0.3 is 6.03 Å². The number of hydrogen-bond donors (Lipinski definition) is 0. The van der Waals surface area contributed by atoms with Crippen molar-refractivity contribution in [2.75, 3.05) is 11.4 Å². The van der Waals surface area contributed by atoms with Gasteiger partial charge in [-0.2, -0.15) is 15.6 Å². The van der Waals surface area contributed by atoms with Gasteiger partial charge in [-0.15, -0.1) is 11.8 Å². The van der Waals surface area contributed by atoms with Crippen LogP contribution in [0.5, 0.6) is 0 Å². The number of carbonyl (C=O) groups excluding carboxylic acids is 2. The molecule has 4 heterocycles. The molecule has 0 saturated carbocycles. The molecule has 2 aliphatic rings. The normalized spacial score (nSPS) is 19.7. The third kappa shape index (κ3) is 3.23. The molecule has 2 unspecified atom stereocenters. The number of pyridine rings is 1. The van der Waals surface area contributed by atoms with E-state index in [0.29, 0.717) is 22.2 Å². The van der Waals surface area contributed by atoms with E-state index in [1.54, 1.807) is 35.1 Å². The molecule has 1 aromatic carbocycles. The first-order valence-electron chi connectivity index (χ1n) is 10.6. The first kappa shape index (κ1) is 21.7. The molecular weight excluding hydrogens is 450 g/mol. The average Bonchev–Trinajstić information content (AvgIpc) is 3.43. The van der Waals surface area contributed by atoms with Crippen LogP contribution in [0.4, 0.5) is 10.5 Å². The van der Waals surface area contributed by atoms with Gasteiger partial charge in [0.2, 0.25) is 0 Å². The fourth-order valence-corrected chi connectivity index (χ4v) is 6.01. The summed E-state index contributed by atoms with van der Waals surface area (Å²) in [6.45, 7) is 2.10. The van der Waals surface area contributed by atoms with Gasteiger partial charge in [-0.3, -0.25) is 14.5 Å². The molecule has 168 valence electrons. The number of rotatable bonds is 4. The highest BCUT2D eigenvalue weighted by Gasteiger charge is 2.50. The second-order valence-corrected chi connectivity index (χ2v) is 9.27. The van der Waals surface area contributed by atoms with Crippen LogP contribution < -0.4 is 4.90 Å². The Hall–Kier alpha value is -4.15. The summed E-state index contributed by atoms with van der Waals surface area (Å²) in [6, 6.07) is 8.78. The van der Waals surface area contributed by atoms with Gasteiger partial charge in [-0.05, 0) is 24.6 Å². The Morgan fingerprint density at radius 1 is 1.18 bits per heavy atom. The standard InChI is InChI=1S/C24H19N7O2S/c1-14-5-3-6-15(10-26)20(14)19-9-17-22(34-19)23(32)31(24(33)30(17)8-4-7-25)18-13-27-11-16-12-28-29(2)21(16)18/h3,5-6,9,11-13,17,22H,4,8H2,1-2H3. The number of imide groups is 1. The van der Waals surface area contributed by atoms with Gasteiger partial charge in [0.15, 0.2) is 0 Å². The van der Waals surface area contributed by atoms with Crippen molar-refractivity contribution in [2.45, 2.75) is 24.6 Å². The van der Waals surface area contributed by atoms with E-state index in [-0.39, 0.29) is 18.9 Å². The van der Waals surface area contributed by atoms with Gasteiger partial charge in [-0.25, -0.2) is 9.69 Å². The van der Waals surface area contributed by atoms with Gasteiger partial charge in [0.1, 0.15) is 5.25 Å². The van der Waals surface area contributed by atoms with E-state index in [1.807, 2.05) is 25.1 Å². The zero-order chi connectivity index (χ0) is 24.0. The van der Waals surface area contributed by atoms with Gasteiger partial charge in [0.05, 0.1) is 53.8 Å². The number of anilines is 1. The van der Waals surface area contributed by atoms with Crippen molar-refractivity contribution in [1.29, 1.82) is 10.5 Å². The number of nitrogens with zero attached hydrogens (tertiary/aromatic N) is 7. The second kappa shape index (κ2) is 8.32. The number of benzene rings is 1. The Labute approximate surface area is 199 Å². The number of nitriles is 2. The smallest absolute Gasteiger partial charge is 0.315 e. The number of carbonyl (C=O) groups is 2. The first-order valence-corrected chi connectivity index (χ1v) is 11.5. The molecular formula is C24H19N7O2S. The highest BCUT2D eigenvalue weighted by atomic mass is 32.2. The van der Waals surface area contributed by atoms with E-state index < -0.39 is 17.3 Å². The third-order valence-electron chi connectivity index (χ3n) is 6.11. The van der Waals surface area contributed by atoms with Crippen LogP contribution in [0.2, 0.25) is 0 Å². The Bertz CT molecular complexity index is 1460. The van der Waals surface area contributed by atoms with Crippen molar-refractivity contribution in [3.63, 3.8) is 0 Å².